The molecule has 12 nitrogen and oxygen atoms in total. The van der Waals surface area contributed by atoms with Crippen molar-refractivity contribution in [3.8, 4) is 0 Å². The molecule has 0 aliphatic rings. The smallest absolute Gasteiger partial charge is 0.472 e. The van der Waals surface area contributed by atoms with E-state index >= 15 is 0 Å². The minimum atomic E-state index is -4.73. The zero-order chi connectivity index (χ0) is 38.0. The molecule has 51 heavy (non-hydrogen) atoms. The highest BCUT2D eigenvalue weighted by Crippen LogP contribution is 2.43. The summed E-state index contributed by atoms with van der Waals surface area (Å²) in [6.07, 6.45) is 29.2. The Bertz CT molecular complexity index is 1080. The molecular weight excluding hydrogens is 677 g/mol. The molecule has 0 rings (SSSR count). The fourth-order valence-electron chi connectivity index (χ4n) is 4.73. The largest absolute Gasteiger partial charge is 0.480 e. The van der Waals surface area contributed by atoms with Crippen LogP contribution in [0.25, 0.3) is 0 Å². The van der Waals surface area contributed by atoms with Gasteiger partial charge in [0.15, 0.2) is 11.9 Å². The van der Waals surface area contributed by atoms with Crippen molar-refractivity contribution in [1.29, 1.82) is 0 Å². The van der Waals surface area contributed by atoms with E-state index in [2.05, 4.69) is 30.5 Å². The summed E-state index contributed by atoms with van der Waals surface area (Å²) in [7, 11) is -4.73. The number of nitrogens with two attached hydrogens (primary N) is 1. The van der Waals surface area contributed by atoms with Gasteiger partial charge < -0.3 is 25.2 Å². The first-order chi connectivity index (χ1) is 24.5. The Kier molecular flexibility index (Phi) is 31.5. The molecule has 0 saturated heterocycles. The van der Waals surface area contributed by atoms with Crippen molar-refractivity contribution >= 4 is 31.5 Å². The standard InChI is InChI=1S/C38H66NO11P/c1-3-5-7-8-9-10-11-14-17-20-24-28-36(41)47-30-34(31-48-51(45,46)49-32-35(39)38(43)44)50-37(42)29-25-21-18-15-12-13-16-19-23-27-33(40)26-22-6-4-2/h8-9,16,19,23,27,34-35H,3-7,10-15,17-18,20-22,24-26,28-32,39H2,1-2H3,(H,43,44)(H,45,46)/b9-8-,19-16-,27-23+/t34-,35+/m1/s1. The SMILES string of the molecule is CCCC/C=C\CCCCCCCC(=O)OC[C@H](COP(=O)(O)OC[C@H](N)C(=O)O)OC(=O)CCCCCCC/C=C\C=C\C(=O)CCCCC. The summed E-state index contributed by atoms with van der Waals surface area (Å²) in [4.78, 5) is 57.4. The van der Waals surface area contributed by atoms with E-state index in [1.165, 1.54) is 12.8 Å². The highest BCUT2D eigenvalue weighted by Gasteiger charge is 2.28. The van der Waals surface area contributed by atoms with Gasteiger partial charge in [-0.05, 0) is 57.4 Å². The molecule has 0 aromatic heterocycles. The second kappa shape index (κ2) is 33.2. The quantitative estimate of drug-likeness (QED) is 0.0140. The van der Waals surface area contributed by atoms with Crippen molar-refractivity contribution in [3.05, 3.63) is 36.5 Å². The van der Waals surface area contributed by atoms with Gasteiger partial charge in [-0.2, -0.15) is 0 Å². The fourth-order valence-corrected chi connectivity index (χ4v) is 5.51. The Hall–Kier alpha value is -2.63. The number of allylic oxidation sites excluding steroid dienone is 6. The second-order valence-corrected chi connectivity index (χ2v) is 14.2. The maximum atomic E-state index is 12.5. The number of carboxylic acids is 1. The van der Waals surface area contributed by atoms with E-state index in [9.17, 15) is 28.6 Å². The normalized spacial score (nSPS) is 14.2. The summed E-state index contributed by atoms with van der Waals surface area (Å²) >= 11 is 0. The molecule has 0 fully saturated rings. The van der Waals surface area contributed by atoms with Gasteiger partial charge in [-0.15, -0.1) is 0 Å². The summed E-state index contributed by atoms with van der Waals surface area (Å²) in [5.41, 5.74) is 5.30. The van der Waals surface area contributed by atoms with Crippen molar-refractivity contribution < 1.29 is 52.3 Å². The number of esters is 2. The molecule has 0 bridgehead atoms. The lowest BCUT2D eigenvalue weighted by atomic mass is 10.1. The van der Waals surface area contributed by atoms with Crippen LogP contribution in [0.3, 0.4) is 0 Å². The molecule has 0 aromatic carbocycles. The van der Waals surface area contributed by atoms with Crippen LogP contribution in [-0.4, -0.2) is 65.7 Å². The van der Waals surface area contributed by atoms with Gasteiger partial charge in [-0.1, -0.05) is 108 Å². The van der Waals surface area contributed by atoms with Crippen molar-refractivity contribution in [2.75, 3.05) is 19.8 Å². The van der Waals surface area contributed by atoms with E-state index in [0.29, 0.717) is 19.3 Å². The molecule has 0 heterocycles. The minimum absolute atomic E-state index is 0.108. The van der Waals surface area contributed by atoms with Crippen LogP contribution in [0, 0.1) is 0 Å². The number of carbonyl (C=O) groups excluding carboxylic acids is 3. The molecule has 0 aliphatic heterocycles. The summed E-state index contributed by atoms with van der Waals surface area (Å²) in [6.45, 7) is 2.53. The number of unbranched alkanes of at least 4 members (excludes halogenated alkanes) is 14. The van der Waals surface area contributed by atoms with Gasteiger partial charge >= 0.3 is 25.7 Å². The van der Waals surface area contributed by atoms with Crippen LogP contribution in [0.15, 0.2) is 36.5 Å². The number of phosphoric ester groups is 1. The molecule has 4 N–H and O–H groups in total. The van der Waals surface area contributed by atoms with Gasteiger partial charge in [0.1, 0.15) is 12.6 Å². The predicted molar refractivity (Wildman–Crippen MR) is 199 cm³/mol. The molecule has 1 unspecified atom stereocenters. The zero-order valence-corrected chi connectivity index (χ0v) is 32.1. The lowest BCUT2D eigenvalue weighted by molar-refractivity contribution is -0.161. The van der Waals surface area contributed by atoms with Gasteiger partial charge in [-0.3, -0.25) is 28.2 Å². The molecule has 13 heteroatoms. The lowest BCUT2D eigenvalue weighted by Gasteiger charge is -2.20. The first-order valence-electron chi connectivity index (χ1n) is 19.0. The van der Waals surface area contributed by atoms with Crippen LogP contribution in [-0.2, 0) is 42.3 Å². The third-order valence-electron chi connectivity index (χ3n) is 7.84. The van der Waals surface area contributed by atoms with Gasteiger partial charge in [0.05, 0.1) is 13.2 Å². The summed E-state index contributed by atoms with van der Waals surface area (Å²) in [5, 5.41) is 8.85. The van der Waals surface area contributed by atoms with Gasteiger partial charge in [0.2, 0.25) is 0 Å². The predicted octanol–water partition coefficient (Wildman–Crippen LogP) is 8.46. The average Bonchev–Trinajstić information content (AvgIpc) is 3.09. The molecule has 0 saturated carbocycles. The van der Waals surface area contributed by atoms with Gasteiger partial charge in [0.25, 0.3) is 0 Å². The molecule has 0 aromatic rings. The van der Waals surface area contributed by atoms with E-state index in [1.54, 1.807) is 12.2 Å². The summed E-state index contributed by atoms with van der Waals surface area (Å²) < 4.78 is 32.5. The van der Waals surface area contributed by atoms with E-state index in [1.807, 2.05) is 12.2 Å². The van der Waals surface area contributed by atoms with Crippen molar-refractivity contribution in [3.63, 3.8) is 0 Å². The summed E-state index contributed by atoms with van der Waals surface area (Å²) in [5.74, 6) is -2.32. The third-order valence-corrected chi connectivity index (χ3v) is 8.79. The maximum Gasteiger partial charge on any atom is 0.472 e. The number of hydrogen-bond donors (Lipinski definition) is 3. The molecule has 3 atom stereocenters. The monoisotopic (exact) mass is 743 g/mol. The van der Waals surface area contributed by atoms with Gasteiger partial charge in [0, 0.05) is 19.3 Å². The fraction of sp³-hybridized carbons (Fsp3) is 0.737. The number of ketones is 1. The maximum absolute atomic E-state index is 12.5. The van der Waals surface area contributed by atoms with E-state index in [4.69, 9.17) is 24.8 Å². The number of aliphatic carboxylic acids is 1. The van der Waals surface area contributed by atoms with Crippen LogP contribution in [0.2, 0.25) is 0 Å². The zero-order valence-electron chi connectivity index (χ0n) is 31.2. The van der Waals surface area contributed by atoms with Crippen LogP contribution >= 0.6 is 7.82 Å². The number of carboxylic acid groups (broad SMARTS) is 1. The van der Waals surface area contributed by atoms with Crippen LogP contribution in [0.5, 0.6) is 0 Å². The average molecular weight is 744 g/mol. The Labute approximate surface area is 306 Å². The molecule has 294 valence electrons. The van der Waals surface area contributed by atoms with Crippen LogP contribution in [0.4, 0.5) is 0 Å². The van der Waals surface area contributed by atoms with Crippen LogP contribution < -0.4 is 5.73 Å². The molecule has 0 radical (unpaired) electrons. The number of ether oxygens (including phenoxy) is 2. The third kappa shape index (κ3) is 33.0. The first-order valence-corrected chi connectivity index (χ1v) is 20.5. The number of carbonyl (C=O) groups is 4. The Morgan fingerprint density at radius 2 is 1.18 bits per heavy atom. The van der Waals surface area contributed by atoms with E-state index < -0.39 is 51.1 Å². The minimum Gasteiger partial charge on any atom is -0.480 e. The Morgan fingerprint density at radius 1 is 0.647 bits per heavy atom. The molecular formula is C38H66NO11P. The topological polar surface area (TPSA) is 189 Å². The first kappa shape index (κ1) is 48.4. The van der Waals surface area contributed by atoms with Crippen molar-refractivity contribution in [2.45, 2.75) is 161 Å². The highest BCUT2D eigenvalue weighted by atomic mass is 31.2. The summed E-state index contributed by atoms with van der Waals surface area (Å²) in [6, 6.07) is -1.54. The number of phosphoric acid groups is 1. The van der Waals surface area contributed by atoms with Gasteiger partial charge in [-0.25, -0.2) is 4.57 Å². The van der Waals surface area contributed by atoms with E-state index in [0.717, 1.165) is 89.9 Å². The number of hydrogen-bond acceptors (Lipinski definition) is 10. The molecule has 0 aliphatic carbocycles. The van der Waals surface area contributed by atoms with E-state index in [-0.39, 0.29) is 25.2 Å². The Morgan fingerprint density at radius 3 is 1.80 bits per heavy atom. The number of rotatable bonds is 35. The second-order valence-electron chi connectivity index (χ2n) is 12.7. The van der Waals surface area contributed by atoms with Crippen LogP contribution in [0.1, 0.15) is 149 Å². The Balaban J connectivity index is 4.53. The molecule has 0 spiro atoms. The van der Waals surface area contributed by atoms with Crippen molar-refractivity contribution in [2.24, 2.45) is 5.73 Å². The lowest BCUT2D eigenvalue weighted by Crippen LogP contribution is -2.34. The molecule has 0 amide bonds. The highest BCUT2D eigenvalue weighted by molar-refractivity contribution is 7.47. The van der Waals surface area contributed by atoms with Crippen molar-refractivity contribution in [1.82, 2.24) is 0 Å².